The molecule has 0 aliphatic carbocycles. The van der Waals surface area contributed by atoms with Crippen molar-refractivity contribution in [3.05, 3.63) is 0 Å². The maximum atomic E-state index is 11.4. The molecule has 90 valence electrons. The molecule has 0 saturated heterocycles. The van der Waals surface area contributed by atoms with Gasteiger partial charge in [0, 0.05) is 13.2 Å². The number of nitrogens with one attached hydrogen (secondary N) is 1. The molecule has 2 unspecified atom stereocenters. The fraction of sp³-hybridized carbons (Fsp3) is 0.917. The van der Waals surface area contributed by atoms with Crippen LogP contribution in [0.15, 0.2) is 0 Å². The molecule has 0 fully saturated rings. The van der Waals surface area contributed by atoms with E-state index in [0.717, 1.165) is 12.3 Å². The number of amides is 1. The van der Waals surface area contributed by atoms with Crippen LogP contribution in [0.5, 0.6) is 0 Å². The van der Waals surface area contributed by atoms with Crippen molar-refractivity contribution in [3.8, 4) is 0 Å². The number of ether oxygens (including phenoxy) is 1. The minimum Gasteiger partial charge on any atom is -0.372 e. The standard InChI is InChI=1S/C12H25NO2/c1-9(2)7-6-8-10(3)13-12(14)11(4)15-5/h9-11H,6-8H2,1-5H3,(H,13,14). The van der Waals surface area contributed by atoms with E-state index in [-0.39, 0.29) is 18.1 Å². The molecule has 3 heteroatoms. The third-order valence-electron chi connectivity index (χ3n) is 2.53. The number of rotatable bonds is 7. The Bertz CT molecular complexity index is 180. The lowest BCUT2D eigenvalue weighted by Crippen LogP contribution is -2.39. The summed E-state index contributed by atoms with van der Waals surface area (Å²) in [5.41, 5.74) is 0. The van der Waals surface area contributed by atoms with Crippen LogP contribution in [-0.2, 0) is 9.53 Å². The first-order chi connectivity index (χ1) is 6.97. The van der Waals surface area contributed by atoms with Gasteiger partial charge < -0.3 is 10.1 Å². The van der Waals surface area contributed by atoms with Crippen molar-refractivity contribution in [1.82, 2.24) is 5.32 Å². The van der Waals surface area contributed by atoms with Gasteiger partial charge >= 0.3 is 0 Å². The maximum absolute atomic E-state index is 11.4. The Morgan fingerprint density at radius 3 is 2.27 bits per heavy atom. The van der Waals surface area contributed by atoms with Crippen molar-refractivity contribution in [1.29, 1.82) is 0 Å². The first-order valence-electron chi connectivity index (χ1n) is 5.80. The van der Waals surface area contributed by atoms with E-state index in [9.17, 15) is 4.79 Å². The first kappa shape index (κ1) is 14.4. The molecule has 1 N–H and O–H groups in total. The number of carbonyl (C=O) groups is 1. The van der Waals surface area contributed by atoms with Gasteiger partial charge in [0.2, 0.25) is 5.91 Å². The van der Waals surface area contributed by atoms with Crippen LogP contribution in [0.3, 0.4) is 0 Å². The fourth-order valence-corrected chi connectivity index (χ4v) is 1.37. The Morgan fingerprint density at radius 1 is 1.20 bits per heavy atom. The lowest BCUT2D eigenvalue weighted by atomic mass is 10.0. The van der Waals surface area contributed by atoms with Crippen LogP contribution in [0.1, 0.15) is 47.0 Å². The minimum atomic E-state index is -0.349. The molecule has 0 saturated carbocycles. The monoisotopic (exact) mass is 215 g/mol. The lowest BCUT2D eigenvalue weighted by molar-refractivity contribution is -0.130. The van der Waals surface area contributed by atoms with Gasteiger partial charge in [0.15, 0.2) is 0 Å². The van der Waals surface area contributed by atoms with Gasteiger partial charge in [-0.3, -0.25) is 4.79 Å². The number of methoxy groups -OCH3 is 1. The molecule has 0 aromatic heterocycles. The highest BCUT2D eigenvalue weighted by Gasteiger charge is 2.13. The molecular formula is C12H25NO2. The molecule has 15 heavy (non-hydrogen) atoms. The second kappa shape index (κ2) is 7.69. The van der Waals surface area contributed by atoms with Crippen LogP contribution in [-0.4, -0.2) is 25.2 Å². The molecule has 2 atom stereocenters. The summed E-state index contributed by atoms with van der Waals surface area (Å²) >= 11 is 0. The van der Waals surface area contributed by atoms with Crippen molar-refractivity contribution in [2.45, 2.75) is 59.1 Å². The molecule has 0 rings (SSSR count). The summed E-state index contributed by atoms with van der Waals surface area (Å²) in [5.74, 6) is 0.723. The van der Waals surface area contributed by atoms with Crippen LogP contribution in [0, 0.1) is 5.92 Å². The van der Waals surface area contributed by atoms with E-state index in [1.54, 1.807) is 14.0 Å². The molecule has 0 aliphatic heterocycles. The third-order valence-corrected chi connectivity index (χ3v) is 2.53. The van der Waals surface area contributed by atoms with E-state index in [0.29, 0.717) is 0 Å². The van der Waals surface area contributed by atoms with Crippen molar-refractivity contribution >= 4 is 5.91 Å². The first-order valence-corrected chi connectivity index (χ1v) is 5.80. The topological polar surface area (TPSA) is 38.3 Å². The van der Waals surface area contributed by atoms with Gasteiger partial charge in [-0.2, -0.15) is 0 Å². The predicted octanol–water partition coefficient (Wildman–Crippen LogP) is 2.35. The lowest BCUT2D eigenvalue weighted by Gasteiger charge is -2.17. The van der Waals surface area contributed by atoms with Gasteiger partial charge in [0.05, 0.1) is 0 Å². The van der Waals surface area contributed by atoms with Crippen LogP contribution in [0.25, 0.3) is 0 Å². The van der Waals surface area contributed by atoms with E-state index in [1.807, 2.05) is 6.92 Å². The Balaban J connectivity index is 3.64. The Morgan fingerprint density at radius 2 is 1.80 bits per heavy atom. The number of carbonyl (C=O) groups excluding carboxylic acids is 1. The summed E-state index contributed by atoms with van der Waals surface area (Å²) in [6.45, 7) is 8.24. The SMILES string of the molecule is COC(C)C(=O)NC(C)CCCC(C)C. The average molecular weight is 215 g/mol. The normalized spacial score (nSPS) is 15.1. The third kappa shape index (κ3) is 7.37. The molecule has 3 nitrogen and oxygen atoms in total. The van der Waals surface area contributed by atoms with E-state index in [4.69, 9.17) is 4.74 Å². The Labute approximate surface area is 93.6 Å². The molecule has 0 spiro atoms. The molecule has 0 bridgehead atoms. The molecule has 0 aliphatic rings. The molecule has 0 heterocycles. The van der Waals surface area contributed by atoms with Gasteiger partial charge in [0.25, 0.3) is 0 Å². The Kier molecular flexibility index (Phi) is 7.39. The predicted molar refractivity (Wildman–Crippen MR) is 62.8 cm³/mol. The highest BCUT2D eigenvalue weighted by Crippen LogP contribution is 2.08. The second-order valence-corrected chi connectivity index (χ2v) is 4.61. The zero-order valence-corrected chi connectivity index (χ0v) is 10.7. The molecule has 0 aromatic rings. The number of hydrogen-bond donors (Lipinski definition) is 1. The quantitative estimate of drug-likeness (QED) is 0.708. The minimum absolute atomic E-state index is 0.0189. The summed E-state index contributed by atoms with van der Waals surface area (Å²) in [6, 6.07) is 0.244. The van der Waals surface area contributed by atoms with E-state index in [1.165, 1.54) is 12.8 Å². The van der Waals surface area contributed by atoms with Crippen molar-refractivity contribution in [3.63, 3.8) is 0 Å². The highest BCUT2D eigenvalue weighted by molar-refractivity contribution is 5.80. The molecule has 0 radical (unpaired) electrons. The van der Waals surface area contributed by atoms with Gasteiger partial charge in [-0.1, -0.05) is 26.7 Å². The summed E-state index contributed by atoms with van der Waals surface area (Å²) in [4.78, 5) is 11.4. The van der Waals surface area contributed by atoms with E-state index in [2.05, 4.69) is 19.2 Å². The van der Waals surface area contributed by atoms with Crippen LogP contribution >= 0.6 is 0 Å². The largest absolute Gasteiger partial charge is 0.372 e. The smallest absolute Gasteiger partial charge is 0.249 e. The summed E-state index contributed by atoms with van der Waals surface area (Å²) in [5, 5.41) is 2.94. The second-order valence-electron chi connectivity index (χ2n) is 4.61. The molecular weight excluding hydrogens is 190 g/mol. The van der Waals surface area contributed by atoms with Crippen LogP contribution < -0.4 is 5.32 Å². The maximum Gasteiger partial charge on any atom is 0.249 e. The van der Waals surface area contributed by atoms with Crippen molar-refractivity contribution in [2.24, 2.45) is 5.92 Å². The Hall–Kier alpha value is -0.570. The summed E-state index contributed by atoms with van der Waals surface area (Å²) in [7, 11) is 1.55. The summed E-state index contributed by atoms with van der Waals surface area (Å²) in [6.07, 6.45) is 3.08. The van der Waals surface area contributed by atoms with Gasteiger partial charge in [-0.05, 0) is 26.2 Å². The van der Waals surface area contributed by atoms with E-state index < -0.39 is 0 Å². The van der Waals surface area contributed by atoms with Gasteiger partial charge in [-0.15, -0.1) is 0 Å². The van der Waals surface area contributed by atoms with Crippen molar-refractivity contribution < 1.29 is 9.53 Å². The molecule has 1 amide bonds. The van der Waals surface area contributed by atoms with E-state index >= 15 is 0 Å². The average Bonchev–Trinajstić information content (AvgIpc) is 2.15. The fourth-order valence-electron chi connectivity index (χ4n) is 1.37. The number of hydrogen-bond acceptors (Lipinski definition) is 2. The zero-order valence-electron chi connectivity index (χ0n) is 10.7. The van der Waals surface area contributed by atoms with Gasteiger partial charge in [-0.25, -0.2) is 0 Å². The van der Waals surface area contributed by atoms with Crippen molar-refractivity contribution in [2.75, 3.05) is 7.11 Å². The summed E-state index contributed by atoms with van der Waals surface area (Å²) < 4.78 is 4.94. The van der Waals surface area contributed by atoms with Gasteiger partial charge in [0.1, 0.15) is 6.10 Å². The zero-order chi connectivity index (χ0) is 11.8. The van der Waals surface area contributed by atoms with Crippen LogP contribution in [0.2, 0.25) is 0 Å². The van der Waals surface area contributed by atoms with Crippen LogP contribution in [0.4, 0.5) is 0 Å². The highest BCUT2D eigenvalue weighted by atomic mass is 16.5. The molecule has 0 aromatic carbocycles.